The van der Waals surface area contributed by atoms with Crippen molar-refractivity contribution in [2.75, 3.05) is 12.4 Å². The van der Waals surface area contributed by atoms with Crippen molar-refractivity contribution in [3.63, 3.8) is 0 Å². The number of halogens is 2. The molecule has 2 nitrogen and oxygen atoms in total. The van der Waals surface area contributed by atoms with Crippen LogP contribution in [0.25, 0.3) is 0 Å². The van der Waals surface area contributed by atoms with Gasteiger partial charge in [0.1, 0.15) is 5.75 Å². The monoisotopic (exact) mass is 389 g/mol. The summed E-state index contributed by atoms with van der Waals surface area (Å²) >= 11 is 10.0. The fourth-order valence-corrected chi connectivity index (χ4v) is 4.36. The van der Waals surface area contributed by atoms with Gasteiger partial charge in [-0.15, -0.1) is 0 Å². The SMILES string of the molecule is COc1ccc(Cl)c2c1N[C@@H](c1ccc(Br)cc1)C1CC=CC21. The van der Waals surface area contributed by atoms with Gasteiger partial charge in [0.05, 0.1) is 18.8 Å². The van der Waals surface area contributed by atoms with Gasteiger partial charge in [-0.2, -0.15) is 0 Å². The summed E-state index contributed by atoms with van der Waals surface area (Å²) in [6.07, 6.45) is 5.63. The second-order valence-electron chi connectivity index (χ2n) is 6.07. The van der Waals surface area contributed by atoms with Gasteiger partial charge in [-0.25, -0.2) is 0 Å². The first-order valence-corrected chi connectivity index (χ1v) is 8.91. The lowest BCUT2D eigenvalue weighted by Gasteiger charge is -2.38. The maximum absolute atomic E-state index is 6.52. The van der Waals surface area contributed by atoms with Gasteiger partial charge < -0.3 is 10.1 Å². The van der Waals surface area contributed by atoms with Crippen molar-refractivity contribution in [3.8, 4) is 5.75 Å². The molecule has 4 rings (SSSR count). The van der Waals surface area contributed by atoms with Gasteiger partial charge in [-0.3, -0.25) is 0 Å². The Morgan fingerprint density at radius 1 is 1.17 bits per heavy atom. The van der Waals surface area contributed by atoms with Crippen molar-refractivity contribution >= 4 is 33.2 Å². The number of hydrogen-bond acceptors (Lipinski definition) is 2. The van der Waals surface area contributed by atoms with E-state index in [1.165, 1.54) is 5.56 Å². The lowest BCUT2D eigenvalue weighted by atomic mass is 9.77. The minimum Gasteiger partial charge on any atom is -0.495 e. The molecule has 4 heteroatoms. The third-order valence-corrected chi connectivity index (χ3v) is 5.74. The van der Waals surface area contributed by atoms with Gasteiger partial charge in [0.25, 0.3) is 0 Å². The number of hydrogen-bond donors (Lipinski definition) is 1. The molecule has 1 N–H and O–H groups in total. The molecule has 23 heavy (non-hydrogen) atoms. The Morgan fingerprint density at radius 3 is 2.70 bits per heavy atom. The molecule has 1 aliphatic carbocycles. The topological polar surface area (TPSA) is 21.3 Å². The van der Waals surface area contributed by atoms with E-state index in [1.54, 1.807) is 7.11 Å². The highest BCUT2D eigenvalue weighted by Gasteiger charge is 2.40. The number of allylic oxidation sites excluding steroid dienone is 2. The van der Waals surface area contributed by atoms with E-state index in [0.717, 1.165) is 32.9 Å². The van der Waals surface area contributed by atoms with E-state index in [2.05, 4.69) is 57.7 Å². The van der Waals surface area contributed by atoms with Crippen LogP contribution in [0.4, 0.5) is 5.69 Å². The average Bonchev–Trinajstić information content (AvgIpc) is 3.04. The summed E-state index contributed by atoms with van der Waals surface area (Å²) in [5, 5.41) is 4.51. The maximum Gasteiger partial charge on any atom is 0.142 e. The molecule has 0 saturated carbocycles. The molecule has 2 aliphatic rings. The number of benzene rings is 2. The molecular weight excluding hydrogens is 374 g/mol. The zero-order valence-electron chi connectivity index (χ0n) is 12.7. The molecule has 2 unspecified atom stereocenters. The molecule has 1 aliphatic heterocycles. The van der Waals surface area contributed by atoms with Crippen molar-refractivity contribution in [1.82, 2.24) is 0 Å². The molecule has 3 atom stereocenters. The van der Waals surface area contributed by atoms with E-state index >= 15 is 0 Å². The van der Waals surface area contributed by atoms with Crippen LogP contribution in [0, 0.1) is 5.92 Å². The van der Waals surface area contributed by atoms with Crippen molar-refractivity contribution in [3.05, 3.63) is 69.2 Å². The normalized spacial score (nSPS) is 24.7. The zero-order valence-corrected chi connectivity index (χ0v) is 15.1. The maximum atomic E-state index is 6.52. The standard InChI is InChI=1S/C19H17BrClNO/c1-23-16-10-9-15(21)17-13-3-2-4-14(13)18(22-19(16)17)11-5-7-12(20)8-6-11/h2-3,5-10,13-14,18,22H,4H2,1H3/t13?,14?,18-/m0/s1. The summed E-state index contributed by atoms with van der Waals surface area (Å²) in [7, 11) is 1.70. The summed E-state index contributed by atoms with van der Waals surface area (Å²) in [6.45, 7) is 0. The third-order valence-electron chi connectivity index (χ3n) is 4.88. The van der Waals surface area contributed by atoms with E-state index in [1.807, 2.05) is 12.1 Å². The highest BCUT2D eigenvalue weighted by Crippen LogP contribution is 2.54. The number of rotatable bonds is 2. The molecule has 2 aromatic carbocycles. The first kappa shape index (κ1) is 15.1. The molecule has 0 radical (unpaired) electrons. The van der Waals surface area contributed by atoms with E-state index in [9.17, 15) is 0 Å². The Hall–Kier alpha value is -1.45. The second kappa shape index (κ2) is 5.88. The summed E-state index contributed by atoms with van der Waals surface area (Å²) in [4.78, 5) is 0. The number of methoxy groups -OCH3 is 1. The lowest BCUT2D eigenvalue weighted by Crippen LogP contribution is -2.29. The smallest absolute Gasteiger partial charge is 0.142 e. The molecule has 0 bridgehead atoms. The highest BCUT2D eigenvalue weighted by molar-refractivity contribution is 9.10. The summed E-state index contributed by atoms with van der Waals surface area (Å²) in [5.41, 5.74) is 3.48. The molecule has 0 saturated heterocycles. The predicted octanol–water partition coefficient (Wildman–Crippen LogP) is 5.94. The first-order valence-electron chi connectivity index (χ1n) is 7.74. The summed E-state index contributed by atoms with van der Waals surface area (Å²) < 4.78 is 6.66. The van der Waals surface area contributed by atoms with Gasteiger partial charge in [0.2, 0.25) is 0 Å². The molecule has 118 valence electrons. The number of ether oxygens (including phenoxy) is 1. The molecular formula is C19H17BrClNO. The Morgan fingerprint density at radius 2 is 1.96 bits per heavy atom. The van der Waals surface area contributed by atoms with Crippen LogP contribution in [0.5, 0.6) is 5.75 Å². The van der Waals surface area contributed by atoms with Crippen LogP contribution in [0.15, 0.2) is 53.0 Å². The summed E-state index contributed by atoms with van der Waals surface area (Å²) in [6, 6.07) is 12.7. The van der Waals surface area contributed by atoms with Gasteiger partial charge in [-0.05, 0) is 42.2 Å². The van der Waals surface area contributed by atoms with Crippen molar-refractivity contribution in [2.45, 2.75) is 18.4 Å². The zero-order chi connectivity index (χ0) is 16.0. The van der Waals surface area contributed by atoms with Crippen LogP contribution >= 0.6 is 27.5 Å². The van der Waals surface area contributed by atoms with Crippen molar-refractivity contribution in [1.29, 1.82) is 0 Å². The first-order chi connectivity index (χ1) is 11.2. The summed E-state index contributed by atoms with van der Waals surface area (Å²) in [5.74, 6) is 1.67. The molecule has 2 aromatic rings. The minimum absolute atomic E-state index is 0.253. The number of nitrogens with one attached hydrogen (secondary N) is 1. The van der Waals surface area contributed by atoms with Crippen molar-refractivity contribution < 1.29 is 4.74 Å². The Labute approximate surface area is 149 Å². The van der Waals surface area contributed by atoms with Crippen LogP contribution in [0.1, 0.15) is 29.5 Å². The van der Waals surface area contributed by atoms with E-state index in [4.69, 9.17) is 16.3 Å². The Balaban J connectivity index is 1.84. The van der Waals surface area contributed by atoms with Gasteiger partial charge >= 0.3 is 0 Å². The molecule has 0 amide bonds. The second-order valence-corrected chi connectivity index (χ2v) is 7.39. The third kappa shape index (κ3) is 2.47. The predicted molar refractivity (Wildman–Crippen MR) is 98.5 cm³/mol. The van der Waals surface area contributed by atoms with E-state index < -0.39 is 0 Å². The van der Waals surface area contributed by atoms with Crippen LogP contribution in [-0.4, -0.2) is 7.11 Å². The van der Waals surface area contributed by atoms with Gasteiger partial charge in [0.15, 0.2) is 0 Å². The Kier molecular flexibility index (Phi) is 3.86. The highest BCUT2D eigenvalue weighted by atomic mass is 79.9. The largest absolute Gasteiger partial charge is 0.495 e. The van der Waals surface area contributed by atoms with Gasteiger partial charge in [0, 0.05) is 21.0 Å². The lowest BCUT2D eigenvalue weighted by molar-refractivity contribution is 0.397. The average molecular weight is 391 g/mol. The number of fused-ring (bicyclic) bond motifs is 3. The van der Waals surface area contributed by atoms with E-state index in [-0.39, 0.29) is 6.04 Å². The van der Waals surface area contributed by atoms with E-state index in [0.29, 0.717) is 11.8 Å². The molecule has 0 fully saturated rings. The molecule has 0 spiro atoms. The quantitative estimate of drug-likeness (QED) is 0.641. The van der Waals surface area contributed by atoms with Crippen molar-refractivity contribution in [2.24, 2.45) is 5.92 Å². The number of anilines is 1. The fraction of sp³-hybridized carbons (Fsp3) is 0.263. The Bertz CT molecular complexity index is 772. The molecule has 0 aromatic heterocycles. The van der Waals surface area contributed by atoms with Crippen LogP contribution in [0.2, 0.25) is 5.02 Å². The minimum atomic E-state index is 0.253. The van der Waals surface area contributed by atoms with Crippen LogP contribution in [-0.2, 0) is 0 Å². The van der Waals surface area contributed by atoms with Crippen LogP contribution in [0.3, 0.4) is 0 Å². The fourth-order valence-electron chi connectivity index (χ4n) is 3.81. The molecule has 1 heterocycles. The van der Waals surface area contributed by atoms with Crippen LogP contribution < -0.4 is 10.1 Å². The van der Waals surface area contributed by atoms with Gasteiger partial charge in [-0.1, -0.05) is 51.8 Å².